The summed E-state index contributed by atoms with van der Waals surface area (Å²) in [7, 11) is 0. The van der Waals surface area contributed by atoms with Crippen LogP contribution in [0.15, 0.2) is 0 Å². The predicted molar refractivity (Wildman–Crippen MR) is 61.0 cm³/mol. The summed E-state index contributed by atoms with van der Waals surface area (Å²) in [6.45, 7) is 8.49. The van der Waals surface area contributed by atoms with Crippen LogP contribution in [0, 0.1) is 0 Å². The van der Waals surface area contributed by atoms with Gasteiger partial charge in [0.2, 0.25) is 0 Å². The number of ether oxygens (including phenoxy) is 1. The van der Waals surface area contributed by atoms with Gasteiger partial charge in [-0.15, -0.1) is 0 Å². The Labute approximate surface area is 92.6 Å². The van der Waals surface area contributed by atoms with Gasteiger partial charge in [-0.2, -0.15) is 0 Å². The third-order valence-electron chi connectivity index (χ3n) is 2.82. The Morgan fingerprint density at radius 1 is 1.40 bits per heavy atom. The number of nitrogens with zero attached hydrogens (tertiary/aromatic N) is 1. The van der Waals surface area contributed by atoms with Crippen molar-refractivity contribution in [2.45, 2.75) is 25.8 Å². The van der Waals surface area contributed by atoms with Crippen LogP contribution in [0.1, 0.15) is 19.8 Å². The van der Waals surface area contributed by atoms with Gasteiger partial charge < -0.3 is 15.2 Å². The Hall–Kier alpha value is -0.160. The lowest BCUT2D eigenvalue weighted by molar-refractivity contribution is 0.0381. The van der Waals surface area contributed by atoms with Crippen molar-refractivity contribution < 1.29 is 9.84 Å². The molecule has 1 aliphatic rings. The second kappa shape index (κ2) is 8.05. The van der Waals surface area contributed by atoms with Crippen LogP contribution in [0.5, 0.6) is 0 Å². The predicted octanol–water partition coefficient (Wildman–Crippen LogP) is 0.0692. The summed E-state index contributed by atoms with van der Waals surface area (Å²) in [5.74, 6) is 0. The van der Waals surface area contributed by atoms with E-state index in [9.17, 15) is 0 Å². The van der Waals surface area contributed by atoms with Gasteiger partial charge in [-0.3, -0.25) is 4.90 Å². The Bertz CT molecular complexity index is 150. The molecule has 1 heterocycles. The summed E-state index contributed by atoms with van der Waals surface area (Å²) < 4.78 is 5.29. The molecule has 1 fully saturated rings. The third-order valence-corrected chi connectivity index (χ3v) is 2.82. The summed E-state index contributed by atoms with van der Waals surface area (Å²) >= 11 is 0. The zero-order valence-electron chi connectivity index (χ0n) is 9.74. The topological polar surface area (TPSA) is 44.7 Å². The molecule has 1 atom stereocenters. The number of nitrogens with one attached hydrogen (secondary N) is 1. The van der Waals surface area contributed by atoms with Gasteiger partial charge in [-0.05, 0) is 19.8 Å². The minimum Gasteiger partial charge on any atom is -0.396 e. The van der Waals surface area contributed by atoms with Crippen LogP contribution in [-0.2, 0) is 4.74 Å². The van der Waals surface area contributed by atoms with E-state index in [0.717, 1.165) is 52.2 Å². The molecule has 0 aliphatic carbocycles. The van der Waals surface area contributed by atoms with Crippen LogP contribution in [0.4, 0.5) is 0 Å². The zero-order valence-corrected chi connectivity index (χ0v) is 9.74. The molecule has 2 N–H and O–H groups in total. The molecular formula is C11H24N2O2. The van der Waals surface area contributed by atoms with Crippen LogP contribution in [-0.4, -0.2) is 62.0 Å². The Balaban J connectivity index is 1.94. The summed E-state index contributed by atoms with van der Waals surface area (Å²) in [5, 5.41) is 12.2. The zero-order chi connectivity index (χ0) is 10.9. The van der Waals surface area contributed by atoms with Crippen LogP contribution in [0.3, 0.4) is 0 Å². The van der Waals surface area contributed by atoms with E-state index in [2.05, 4.69) is 17.1 Å². The first-order chi connectivity index (χ1) is 7.33. The Kier molecular flexibility index (Phi) is 6.92. The monoisotopic (exact) mass is 216 g/mol. The maximum absolute atomic E-state index is 8.69. The highest BCUT2D eigenvalue weighted by atomic mass is 16.5. The van der Waals surface area contributed by atoms with Crippen molar-refractivity contribution in [3.8, 4) is 0 Å². The molecule has 0 bridgehead atoms. The van der Waals surface area contributed by atoms with Crippen LogP contribution < -0.4 is 5.32 Å². The second-order valence-electron chi connectivity index (χ2n) is 4.18. The molecule has 1 unspecified atom stereocenters. The van der Waals surface area contributed by atoms with Gasteiger partial charge in [0, 0.05) is 38.8 Å². The van der Waals surface area contributed by atoms with Crippen molar-refractivity contribution >= 4 is 0 Å². The molecule has 1 saturated heterocycles. The summed E-state index contributed by atoms with van der Waals surface area (Å²) in [4.78, 5) is 2.43. The average Bonchev–Trinajstić information content (AvgIpc) is 2.28. The van der Waals surface area contributed by atoms with Gasteiger partial charge in [0.1, 0.15) is 0 Å². The molecular weight excluding hydrogens is 192 g/mol. The number of morpholine rings is 1. The van der Waals surface area contributed by atoms with Crippen molar-refractivity contribution in [2.75, 3.05) is 46.0 Å². The van der Waals surface area contributed by atoms with E-state index in [1.807, 2.05) is 0 Å². The fourth-order valence-corrected chi connectivity index (χ4v) is 1.79. The second-order valence-corrected chi connectivity index (χ2v) is 4.18. The lowest BCUT2D eigenvalue weighted by atomic mass is 10.2. The molecule has 0 aromatic rings. The summed E-state index contributed by atoms with van der Waals surface area (Å²) in [6.07, 6.45) is 1.95. The molecule has 0 aromatic heterocycles. The summed E-state index contributed by atoms with van der Waals surface area (Å²) in [6, 6.07) is 0.512. The van der Waals surface area contributed by atoms with Crippen LogP contribution in [0.25, 0.3) is 0 Å². The molecule has 0 radical (unpaired) electrons. The lowest BCUT2D eigenvalue weighted by Crippen LogP contribution is -2.41. The van der Waals surface area contributed by atoms with Gasteiger partial charge in [0.15, 0.2) is 0 Å². The smallest absolute Gasteiger partial charge is 0.0594 e. The fourth-order valence-electron chi connectivity index (χ4n) is 1.79. The van der Waals surface area contributed by atoms with E-state index in [1.165, 1.54) is 0 Å². The minimum absolute atomic E-state index is 0.301. The van der Waals surface area contributed by atoms with Gasteiger partial charge in [-0.25, -0.2) is 0 Å². The highest BCUT2D eigenvalue weighted by Gasteiger charge is 2.09. The number of rotatable bonds is 7. The van der Waals surface area contributed by atoms with E-state index in [4.69, 9.17) is 9.84 Å². The van der Waals surface area contributed by atoms with Gasteiger partial charge >= 0.3 is 0 Å². The Morgan fingerprint density at radius 2 is 2.13 bits per heavy atom. The standard InChI is InChI=1S/C11H24N2O2/c1-11(3-2-8-14)12-4-5-13-6-9-15-10-7-13/h11-12,14H,2-10H2,1H3. The van der Waals surface area contributed by atoms with Crippen molar-refractivity contribution in [3.63, 3.8) is 0 Å². The molecule has 0 amide bonds. The van der Waals surface area contributed by atoms with E-state index < -0.39 is 0 Å². The maximum atomic E-state index is 8.69. The van der Waals surface area contributed by atoms with Crippen molar-refractivity contribution in [1.82, 2.24) is 10.2 Å². The molecule has 90 valence electrons. The molecule has 15 heavy (non-hydrogen) atoms. The van der Waals surface area contributed by atoms with Gasteiger partial charge in [0.25, 0.3) is 0 Å². The normalized spacial score (nSPS) is 20.4. The molecule has 1 aliphatic heterocycles. The molecule has 0 aromatic carbocycles. The largest absolute Gasteiger partial charge is 0.396 e. The molecule has 4 heteroatoms. The first-order valence-corrected chi connectivity index (χ1v) is 5.97. The van der Waals surface area contributed by atoms with Crippen molar-refractivity contribution in [3.05, 3.63) is 0 Å². The number of aliphatic hydroxyl groups is 1. The van der Waals surface area contributed by atoms with Crippen LogP contribution in [0.2, 0.25) is 0 Å². The maximum Gasteiger partial charge on any atom is 0.0594 e. The van der Waals surface area contributed by atoms with Crippen molar-refractivity contribution in [2.24, 2.45) is 0 Å². The van der Waals surface area contributed by atoms with E-state index in [0.29, 0.717) is 12.6 Å². The molecule has 1 rings (SSSR count). The highest BCUT2D eigenvalue weighted by molar-refractivity contribution is 4.66. The van der Waals surface area contributed by atoms with Crippen molar-refractivity contribution in [1.29, 1.82) is 0 Å². The fraction of sp³-hybridized carbons (Fsp3) is 1.00. The van der Waals surface area contributed by atoms with Gasteiger partial charge in [-0.1, -0.05) is 0 Å². The number of hydrogen-bond acceptors (Lipinski definition) is 4. The highest BCUT2D eigenvalue weighted by Crippen LogP contribution is 1.97. The quantitative estimate of drug-likeness (QED) is 0.632. The molecule has 0 saturated carbocycles. The number of aliphatic hydroxyl groups excluding tert-OH is 1. The average molecular weight is 216 g/mol. The Morgan fingerprint density at radius 3 is 2.80 bits per heavy atom. The van der Waals surface area contributed by atoms with Gasteiger partial charge in [0.05, 0.1) is 13.2 Å². The first kappa shape index (κ1) is 12.9. The minimum atomic E-state index is 0.301. The molecule has 4 nitrogen and oxygen atoms in total. The van der Waals surface area contributed by atoms with Crippen LogP contribution >= 0.6 is 0 Å². The number of hydrogen-bond donors (Lipinski definition) is 2. The third kappa shape index (κ3) is 6.10. The van der Waals surface area contributed by atoms with E-state index in [1.54, 1.807) is 0 Å². The van der Waals surface area contributed by atoms with E-state index >= 15 is 0 Å². The molecule has 0 spiro atoms. The first-order valence-electron chi connectivity index (χ1n) is 5.97. The summed E-state index contributed by atoms with van der Waals surface area (Å²) in [5.41, 5.74) is 0. The SMILES string of the molecule is CC(CCCO)NCCN1CCOCC1. The lowest BCUT2D eigenvalue weighted by Gasteiger charge is -2.27. The van der Waals surface area contributed by atoms with E-state index in [-0.39, 0.29) is 0 Å².